The molecule has 0 unspecified atom stereocenters. The van der Waals surface area contributed by atoms with Crippen LogP contribution in [0.25, 0.3) is 0 Å². The second kappa shape index (κ2) is 5.29. The van der Waals surface area contributed by atoms with E-state index in [1.54, 1.807) is 18.2 Å². The summed E-state index contributed by atoms with van der Waals surface area (Å²) >= 11 is 3.25. The third-order valence-corrected chi connectivity index (χ3v) is 2.70. The number of carboxylic acid groups (broad SMARTS) is 1. The lowest BCUT2D eigenvalue weighted by Gasteiger charge is -2.15. The van der Waals surface area contributed by atoms with Crippen molar-refractivity contribution in [1.82, 2.24) is 0 Å². The van der Waals surface area contributed by atoms with E-state index in [4.69, 9.17) is 16.6 Å². The van der Waals surface area contributed by atoms with Crippen LogP contribution in [-0.4, -0.2) is 22.2 Å². The third kappa shape index (κ3) is 3.19. The topological polar surface area (TPSA) is 110 Å². The maximum absolute atomic E-state index is 10.5. The van der Waals surface area contributed by atoms with Gasteiger partial charge in [0.05, 0.1) is 6.10 Å². The molecule has 6 heteroatoms. The molecule has 0 spiro atoms. The van der Waals surface area contributed by atoms with Gasteiger partial charge in [0, 0.05) is 22.1 Å². The van der Waals surface area contributed by atoms with Crippen molar-refractivity contribution in [2.75, 3.05) is 5.73 Å². The molecule has 0 fully saturated rings. The van der Waals surface area contributed by atoms with Crippen LogP contribution in [0.1, 0.15) is 18.1 Å². The number of nitrogen functional groups attached to an aromatic ring is 1. The number of hydrogen-bond donors (Lipinski definition) is 4. The van der Waals surface area contributed by atoms with Crippen molar-refractivity contribution in [3.8, 4) is 0 Å². The van der Waals surface area contributed by atoms with Crippen molar-refractivity contribution in [3.63, 3.8) is 0 Å². The molecule has 0 aromatic heterocycles. The van der Waals surface area contributed by atoms with E-state index in [1.165, 1.54) is 0 Å². The molecule has 88 valence electrons. The first-order valence-electron chi connectivity index (χ1n) is 4.63. The molecule has 0 bridgehead atoms. The summed E-state index contributed by atoms with van der Waals surface area (Å²) in [7, 11) is 0. The maximum atomic E-state index is 10.5. The highest BCUT2D eigenvalue weighted by molar-refractivity contribution is 9.10. The second-order valence-electron chi connectivity index (χ2n) is 3.47. The summed E-state index contributed by atoms with van der Waals surface area (Å²) in [5, 5.41) is 18.4. The Bertz CT molecular complexity index is 398. The Hall–Kier alpha value is -1.11. The Labute approximate surface area is 101 Å². The van der Waals surface area contributed by atoms with Crippen LogP contribution in [0, 0.1) is 0 Å². The van der Waals surface area contributed by atoms with Gasteiger partial charge in [0.15, 0.2) is 0 Å². The minimum atomic E-state index is -1.15. The molecule has 5 nitrogen and oxygen atoms in total. The summed E-state index contributed by atoms with van der Waals surface area (Å²) in [6.07, 6.45) is -1.06. The van der Waals surface area contributed by atoms with Gasteiger partial charge in [0.2, 0.25) is 0 Å². The molecule has 6 N–H and O–H groups in total. The molecular formula is C10H13BrN2O3. The molecule has 16 heavy (non-hydrogen) atoms. The zero-order chi connectivity index (χ0) is 12.3. The number of carboxylic acids is 1. The number of aliphatic hydroxyl groups is 1. The number of halogens is 1. The zero-order valence-electron chi connectivity index (χ0n) is 8.43. The monoisotopic (exact) mass is 288 g/mol. The van der Waals surface area contributed by atoms with E-state index in [2.05, 4.69) is 15.9 Å². The van der Waals surface area contributed by atoms with Gasteiger partial charge in [-0.2, -0.15) is 0 Å². The Balaban J connectivity index is 2.83. The van der Waals surface area contributed by atoms with Gasteiger partial charge >= 0.3 is 5.97 Å². The molecule has 1 aromatic rings. The summed E-state index contributed by atoms with van der Waals surface area (Å²) < 4.78 is 0.764. The van der Waals surface area contributed by atoms with Crippen LogP contribution < -0.4 is 11.5 Å². The fourth-order valence-electron chi connectivity index (χ4n) is 1.30. The summed E-state index contributed by atoms with van der Waals surface area (Å²) in [6, 6.07) is 3.92. The summed E-state index contributed by atoms with van der Waals surface area (Å²) in [6.45, 7) is 0. The Kier molecular flexibility index (Phi) is 4.28. The van der Waals surface area contributed by atoms with E-state index < -0.39 is 18.1 Å². The minimum absolute atomic E-state index is 0.0734. The van der Waals surface area contributed by atoms with Crippen molar-refractivity contribution < 1.29 is 15.0 Å². The van der Waals surface area contributed by atoms with Gasteiger partial charge in [0.1, 0.15) is 6.04 Å². The van der Waals surface area contributed by atoms with Crippen LogP contribution in [-0.2, 0) is 4.79 Å². The summed E-state index contributed by atoms with van der Waals surface area (Å²) in [4.78, 5) is 10.5. The van der Waals surface area contributed by atoms with Crippen molar-refractivity contribution in [2.24, 2.45) is 5.73 Å². The van der Waals surface area contributed by atoms with Crippen LogP contribution in [0.5, 0.6) is 0 Å². The van der Waals surface area contributed by atoms with Gasteiger partial charge < -0.3 is 21.7 Å². The van der Waals surface area contributed by atoms with Gasteiger partial charge in [-0.1, -0.05) is 15.9 Å². The Morgan fingerprint density at radius 1 is 1.50 bits per heavy atom. The molecule has 0 aliphatic rings. The van der Waals surface area contributed by atoms with E-state index in [0.29, 0.717) is 11.3 Å². The average Bonchev–Trinajstić information content (AvgIpc) is 2.21. The van der Waals surface area contributed by atoms with Crippen LogP contribution in [0.2, 0.25) is 0 Å². The highest BCUT2D eigenvalue weighted by Gasteiger charge is 2.19. The predicted molar refractivity (Wildman–Crippen MR) is 63.7 cm³/mol. The lowest BCUT2D eigenvalue weighted by Crippen LogP contribution is -2.32. The largest absolute Gasteiger partial charge is 0.480 e. The van der Waals surface area contributed by atoms with E-state index in [9.17, 15) is 9.90 Å². The van der Waals surface area contributed by atoms with Crippen LogP contribution in [0.15, 0.2) is 22.7 Å². The summed E-state index contributed by atoms with van der Waals surface area (Å²) in [5.41, 5.74) is 11.9. The van der Waals surface area contributed by atoms with Gasteiger partial charge in [-0.3, -0.25) is 4.79 Å². The predicted octanol–water partition coefficient (Wildman–Crippen LogP) is 0.867. The Morgan fingerprint density at radius 3 is 2.69 bits per heavy atom. The van der Waals surface area contributed by atoms with Gasteiger partial charge in [-0.05, 0) is 18.2 Å². The van der Waals surface area contributed by atoms with Crippen molar-refractivity contribution in [3.05, 3.63) is 28.2 Å². The molecule has 0 amide bonds. The molecule has 1 aromatic carbocycles. The van der Waals surface area contributed by atoms with Gasteiger partial charge in [0.25, 0.3) is 0 Å². The van der Waals surface area contributed by atoms with E-state index >= 15 is 0 Å². The second-order valence-corrected chi connectivity index (χ2v) is 4.39. The van der Waals surface area contributed by atoms with E-state index in [-0.39, 0.29) is 6.42 Å². The quantitative estimate of drug-likeness (QED) is 0.615. The third-order valence-electron chi connectivity index (χ3n) is 2.20. The van der Waals surface area contributed by atoms with Crippen LogP contribution in [0.4, 0.5) is 5.69 Å². The molecule has 2 atom stereocenters. The molecule has 0 saturated carbocycles. The first-order chi connectivity index (χ1) is 7.41. The number of anilines is 1. The maximum Gasteiger partial charge on any atom is 0.320 e. The SMILES string of the molecule is Nc1ccc(Br)cc1[C@@H](O)C[C@H](N)C(=O)O. The first-order valence-corrected chi connectivity index (χ1v) is 5.42. The Morgan fingerprint density at radius 2 is 2.12 bits per heavy atom. The number of aliphatic hydroxyl groups excluding tert-OH is 1. The van der Waals surface area contributed by atoms with Gasteiger partial charge in [-0.25, -0.2) is 0 Å². The molecule has 0 aliphatic heterocycles. The van der Waals surface area contributed by atoms with E-state index in [1.807, 2.05) is 0 Å². The number of nitrogens with two attached hydrogens (primary N) is 2. The van der Waals surface area contributed by atoms with Crippen molar-refractivity contribution in [1.29, 1.82) is 0 Å². The highest BCUT2D eigenvalue weighted by Crippen LogP contribution is 2.27. The van der Waals surface area contributed by atoms with Crippen LogP contribution in [0.3, 0.4) is 0 Å². The fraction of sp³-hybridized carbons (Fsp3) is 0.300. The molecule has 0 radical (unpaired) electrons. The van der Waals surface area contributed by atoms with Gasteiger partial charge in [-0.15, -0.1) is 0 Å². The van der Waals surface area contributed by atoms with Crippen molar-refractivity contribution >= 4 is 27.6 Å². The number of carbonyl (C=O) groups is 1. The standard InChI is InChI=1S/C10H13BrN2O3/c11-5-1-2-7(12)6(3-5)9(14)4-8(13)10(15)16/h1-3,8-9,14H,4,12-13H2,(H,15,16)/t8-,9-/m0/s1. The number of hydrogen-bond acceptors (Lipinski definition) is 4. The summed E-state index contributed by atoms with van der Waals surface area (Å²) in [5.74, 6) is -1.15. The van der Waals surface area contributed by atoms with Crippen LogP contribution >= 0.6 is 15.9 Å². The fourth-order valence-corrected chi connectivity index (χ4v) is 1.68. The molecule has 0 saturated heterocycles. The van der Waals surface area contributed by atoms with E-state index in [0.717, 1.165) is 4.47 Å². The lowest BCUT2D eigenvalue weighted by atomic mass is 10.0. The lowest BCUT2D eigenvalue weighted by molar-refractivity contribution is -0.139. The first kappa shape index (κ1) is 13.0. The highest BCUT2D eigenvalue weighted by atomic mass is 79.9. The molecule has 0 heterocycles. The van der Waals surface area contributed by atoms with Crippen molar-refractivity contribution in [2.45, 2.75) is 18.6 Å². The molecular weight excluding hydrogens is 276 g/mol. The molecule has 0 aliphatic carbocycles. The normalized spacial score (nSPS) is 14.4. The minimum Gasteiger partial charge on any atom is -0.480 e. The smallest absolute Gasteiger partial charge is 0.320 e. The number of aliphatic carboxylic acids is 1. The zero-order valence-corrected chi connectivity index (χ0v) is 10.0. The molecule has 1 rings (SSSR count). The number of rotatable bonds is 4. The number of benzene rings is 1. The average molecular weight is 289 g/mol.